The molecule has 4 rings (SSSR count). The Morgan fingerprint density at radius 3 is 2.65 bits per heavy atom. The SMILES string of the molecule is CCOc1ccc(-c2ccc(/C=C3\C(=O)N(c4ccccc4)N=C3C)o2)cc1[N+](=O)[O-]. The number of hydrazone groups is 1. The lowest BCUT2D eigenvalue weighted by Crippen LogP contribution is -2.21. The number of furan rings is 1. The summed E-state index contributed by atoms with van der Waals surface area (Å²) in [6.45, 7) is 3.85. The van der Waals surface area contributed by atoms with Gasteiger partial charge in [0.15, 0.2) is 5.75 Å². The van der Waals surface area contributed by atoms with Crippen LogP contribution >= 0.6 is 0 Å². The van der Waals surface area contributed by atoms with Crippen LogP contribution in [0.5, 0.6) is 5.75 Å². The number of nitro groups is 1. The van der Waals surface area contributed by atoms with Gasteiger partial charge in [-0.1, -0.05) is 18.2 Å². The summed E-state index contributed by atoms with van der Waals surface area (Å²) in [6, 6.07) is 17.2. The molecule has 1 aliphatic rings. The molecule has 3 aromatic rings. The Balaban J connectivity index is 1.62. The van der Waals surface area contributed by atoms with Crippen LogP contribution in [0.25, 0.3) is 17.4 Å². The Kier molecular flexibility index (Phi) is 5.36. The van der Waals surface area contributed by atoms with Crippen molar-refractivity contribution in [3.05, 3.63) is 82.1 Å². The minimum absolute atomic E-state index is 0.136. The molecule has 2 heterocycles. The first-order chi connectivity index (χ1) is 15.0. The van der Waals surface area contributed by atoms with Crippen LogP contribution in [-0.4, -0.2) is 23.1 Å². The summed E-state index contributed by atoms with van der Waals surface area (Å²) in [4.78, 5) is 23.7. The normalized spacial score (nSPS) is 14.8. The maximum atomic E-state index is 12.8. The molecule has 0 bridgehead atoms. The van der Waals surface area contributed by atoms with Gasteiger partial charge in [-0.25, -0.2) is 0 Å². The van der Waals surface area contributed by atoms with Gasteiger partial charge in [0.2, 0.25) is 0 Å². The summed E-state index contributed by atoms with van der Waals surface area (Å²) in [5.74, 6) is 0.838. The number of para-hydroxylation sites is 1. The molecular formula is C23H19N3O5. The third-order valence-electron chi connectivity index (χ3n) is 4.72. The van der Waals surface area contributed by atoms with Crippen LogP contribution in [0.2, 0.25) is 0 Å². The molecular weight excluding hydrogens is 398 g/mol. The van der Waals surface area contributed by atoms with Crippen molar-refractivity contribution in [2.24, 2.45) is 5.10 Å². The van der Waals surface area contributed by atoms with Gasteiger partial charge in [-0.05, 0) is 56.3 Å². The lowest BCUT2D eigenvalue weighted by Gasteiger charge is -2.10. The second kappa shape index (κ2) is 8.27. The van der Waals surface area contributed by atoms with Gasteiger partial charge in [0, 0.05) is 11.6 Å². The molecule has 2 aromatic carbocycles. The Hall–Kier alpha value is -4.20. The first-order valence-corrected chi connectivity index (χ1v) is 9.66. The largest absolute Gasteiger partial charge is 0.487 e. The predicted octanol–water partition coefficient (Wildman–Crippen LogP) is 5.06. The van der Waals surface area contributed by atoms with E-state index in [2.05, 4.69) is 5.10 Å². The summed E-state index contributed by atoms with van der Waals surface area (Å²) in [6.07, 6.45) is 1.62. The van der Waals surface area contributed by atoms with Gasteiger partial charge in [-0.3, -0.25) is 14.9 Å². The summed E-state index contributed by atoms with van der Waals surface area (Å²) in [5.41, 5.74) is 2.07. The zero-order valence-corrected chi connectivity index (χ0v) is 16.9. The highest BCUT2D eigenvalue weighted by Gasteiger charge is 2.29. The highest BCUT2D eigenvalue weighted by molar-refractivity contribution is 6.32. The second-order valence-electron chi connectivity index (χ2n) is 6.77. The second-order valence-corrected chi connectivity index (χ2v) is 6.77. The van der Waals surface area contributed by atoms with Crippen LogP contribution in [0, 0.1) is 10.1 Å². The van der Waals surface area contributed by atoms with Gasteiger partial charge in [0.05, 0.1) is 28.5 Å². The van der Waals surface area contributed by atoms with E-state index in [9.17, 15) is 14.9 Å². The van der Waals surface area contributed by atoms with Gasteiger partial charge in [0.1, 0.15) is 11.5 Å². The molecule has 1 amide bonds. The van der Waals surface area contributed by atoms with E-state index in [1.165, 1.54) is 11.1 Å². The minimum atomic E-state index is -0.491. The molecule has 0 saturated carbocycles. The molecule has 0 aliphatic carbocycles. The molecule has 0 fully saturated rings. The molecule has 0 saturated heterocycles. The third-order valence-corrected chi connectivity index (χ3v) is 4.72. The fourth-order valence-corrected chi connectivity index (χ4v) is 3.25. The summed E-state index contributed by atoms with van der Waals surface area (Å²) in [7, 11) is 0. The van der Waals surface area contributed by atoms with Crippen molar-refractivity contribution in [1.82, 2.24) is 0 Å². The van der Waals surface area contributed by atoms with Crippen LogP contribution in [0.4, 0.5) is 11.4 Å². The van der Waals surface area contributed by atoms with Crippen molar-refractivity contribution < 1.29 is 18.9 Å². The number of hydrogen-bond acceptors (Lipinski definition) is 6. The minimum Gasteiger partial charge on any atom is -0.487 e. The van der Waals surface area contributed by atoms with E-state index in [1.807, 2.05) is 18.2 Å². The zero-order chi connectivity index (χ0) is 22.0. The van der Waals surface area contributed by atoms with Crippen molar-refractivity contribution >= 4 is 29.1 Å². The average molecular weight is 417 g/mol. The van der Waals surface area contributed by atoms with E-state index < -0.39 is 4.92 Å². The molecule has 0 atom stereocenters. The fraction of sp³-hybridized carbons (Fsp3) is 0.130. The number of benzene rings is 2. The molecule has 8 heteroatoms. The zero-order valence-electron chi connectivity index (χ0n) is 16.9. The van der Waals surface area contributed by atoms with E-state index in [4.69, 9.17) is 9.15 Å². The number of hydrogen-bond donors (Lipinski definition) is 0. The van der Waals surface area contributed by atoms with Crippen LogP contribution in [0.15, 0.2) is 75.8 Å². The summed E-state index contributed by atoms with van der Waals surface area (Å²) < 4.78 is 11.2. The van der Waals surface area contributed by atoms with Crippen LogP contribution in [0.1, 0.15) is 19.6 Å². The van der Waals surface area contributed by atoms with E-state index in [0.29, 0.717) is 40.7 Å². The number of nitro benzene ring substituents is 1. The molecule has 1 aliphatic heterocycles. The molecule has 156 valence electrons. The molecule has 31 heavy (non-hydrogen) atoms. The number of rotatable bonds is 6. The maximum Gasteiger partial charge on any atom is 0.311 e. The monoisotopic (exact) mass is 417 g/mol. The van der Waals surface area contributed by atoms with Crippen LogP contribution in [-0.2, 0) is 4.79 Å². The highest BCUT2D eigenvalue weighted by Crippen LogP contribution is 2.34. The Bertz CT molecular complexity index is 1210. The summed E-state index contributed by atoms with van der Waals surface area (Å²) in [5, 5.41) is 17.1. The van der Waals surface area contributed by atoms with Crippen molar-refractivity contribution in [2.75, 3.05) is 11.6 Å². The van der Waals surface area contributed by atoms with Crippen molar-refractivity contribution in [3.8, 4) is 17.1 Å². The van der Waals surface area contributed by atoms with Gasteiger partial charge < -0.3 is 9.15 Å². The van der Waals surface area contributed by atoms with E-state index >= 15 is 0 Å². The molecule has 0 N–H and O–H groups in total. The third kappa shape index (κ3) is 3.95. The number of carbonyl (C=O) groups is 1. The van der Waals surface area contributed by atoms with Gasteiger partial charge in [-0.15, -0.1) is 0 Å². The molecule has 1 aromatic heterocycles. The van der Waals surface area contributed by atoms with Gasteiger partial charge >= 0.3 is 5.69 Å². The Labute approximate surface area is 178 Å². The van der Waals surface area contributed by atoms with Crippen LogP contribution in [0.3, 0.4) is 0 Å². The fourth-order valence-electron chi connectivity index (χ4n) is 3.25. The van der Waals surface area contributed by atoms with Crippen molar-refractivity contribution in [1.29, 1.82) is 0 Å². The van der Waals surface area contributed by atoms with E-state index in [0.717, 1.165) is 0 Å². The number of amides is 1. The van der Waals surface area contributed by atoms with Crippen molar-refractivity contribution in [2.45, 2.75) is 13.8 Å². The van der Waals surface area contributed by atoms with Crippen molar-refractivity contribution in [3.63, 3.8) is 0 Å². The lowest BCUT2D eigenvalue weighted by molar-refractivity contribution is -0.385. The standard InChI is InChI=1S/C23H19N3O5/c1-3-30-22-11-9-16(13-20(22)26(28)29)21-12-10-18(31-21)14-19-15(2)24-25(23(19)27)17-7-5-4-6-8-17/h4-14H,3H2,1-2H3/b19-14-. The first kappa shape index (κ1) is 20.1. The quantitative estimate of drug-likeness (QED) is 0.317. The number of ether oxygens (including phenoxy) is 1. The van der Waals surface area contributed by atoms with Gasteiger partial charge in [0.25, 0.3) is 5.91 Å². The predicted molar refractivity (Wildman–Crippen MR) is 117 cm³/mol. The van der Waals surface area contributed by atoms with Gasteiger partial charge in [-0.2, -0.15) is 10.1 Å². The lowest BCUT2D eigenvalue weighted by atomic mass is 10.1. The van der Waals surface area contributed by atoms with E-state index in [-0.39, 0.29) is 17.3 Å². The molecule has 8 nitrogen and oxygen atoms in total. The maximum absolute atomic E-state index is 12.8. The molecule has 0 radical (unpaired) electrons. The Morgan fingerprint density at radius 2 is 1.94 bits per heavy atom. The summed E-state index contributed by atoms with van der Waals surface area (Å²) >= 11 is 0. The topological polar surface area (TPSA) is 98.2 Å². The van der Waals surface area contributed by atoms with E-state index in [1.54, 1.807) is 56.3 Å². The number of anilines is 1. The average Bonchev–Trinajstić information content (AvgIpc) is 3.35. The molecule has 0 unspecified atom stereocenters. The molecule has 0 spiro atoms. The smallest absolute Gasteiger partial charge is 0.311 e. The van der Waals surface area contributed by atoms with Crippen LogP contribution < -0.4 is 9.75 Å². The number of nitrogens with zero attached hydrogens (tertiary/aromatic N) is 3. The first-order valence-electron chi connectivity index (χ1n) is 9.66. The number of carbonyl (C=O) groups excluding carboxylic acids is 1. The Morgan fingerprint density at radius 1 is 1.16 bits per heavy atom. The highest BCUT2D eigenvalue weighted by atomic mass is 16.6.